The smallest absolute Gasteiger partial charge is 0.328 e. The number of nitrogens with one attached hydrogen (secondary N) is 1. The molecule has 0 amide bonds. The number of nitrogens with two attached hydrogens (primary N) is 1. The molecule has 0 saturated carbocycles. The third kappa shape index (κ3) is 1.28. The molecular formula is C5H5N5O3S. The van der Waals surface area contributed by atoms with Gasteiger partial charge in [0, 0.05) is 0 Å². The Morgan fingerprint density at radius 3 is 2.71 bits per heavy atom. The Hall–Kier alpha value is -1.74. The molecule has 0 radical (unpaired) electrons. The number of fused-ring (bicyclic) bond motifs is 1. The quantitative estimate of drug-likeness (QED) is 0.529. The number of rotatable bonds is 1. The van der Waals surface area contributed by atoms with Crippen LogP contribution in [0.1, 0.15) is 0 Å². The van der Waals surface area contributed by atoms with Gasteiger partial charge < -0.3 is 10.7 Å². The molecule has 0 spiro atoms. The van der Waals surface area contributed by atoms with Gasteiger partial charge in [-0.05, 0) is 0 Å². The van der Waals surface area contributed by atoms with Crippen LogP contribution in [0.2, 0.25) is 0 Å². The van der Waals surface area contributed by atoms with E-state index in [1.165, 1.54) is 0 Å². The number of H-pyrrole nitrogens is 1. The lowest BCUT2D eigenvalue weighted by molar-refractivity contribution is 0.476. The van der Waals surface area contributed by atoms with Crippen LogP contribution in [0.25, 0.3) is 11.2 Å². The van der Waals surface area contributed by atoms with E-state index in [1.807, 2.05) is 0 Å². The summed E-state index contributed by atoms with van der Waals surface area (Å²) in [5.74, 6) is 0.0427. The van der Waals surface area contributed by atoms with Crippen LogP contribution < -0.4 is 5.73 Å². The van der Waals surface area contributed by atoms with Gasteiger partial charge >= 0.3 is 10.1 Å². The normalized spacial score (nSPS) is 12.1. The molecule has 2 aromatic rings. The molecule has 0 aliphatic heterocycles. The van der Waals surface area contributed by atoms with Crippen LogP contribution in [0.15, 0.2) is 11.5 Å². The Morgan fingerprint density at radius 1 is 1.43 bits per heavy atom. The maximum atomic E-state index is 10.7. The number of nitrogen functional groups attached to an aromatic ring is 1. The Morgan fingerprint density at radius 2 is 2.14 bits per heavy atom. The van der Waals surface area contributed by atoms with Gasteiger partial charge in [-0.15, -0.1) is 0 Å². The molecule has 0 bridgehead atoms. The van der Waals surface area contributed by atoms with Gasteiger partial charge in [0.25, 0.3) is 5.16 Å². The molecule has 14 heavy (non-hydrogen) atoms. The monoisotopic (exact) mass is 215 g/mol. The molecule has 0 fully saturated rings. The Bertz CT molecular complexity index is 588. The largest absolute Gasteiger partial charge is 0.382 e. The van der Waals surface area contributed by atoms with Crippen LogP contribution in [0.4, 0.5) is 5.82 Å². The topological polar surface area (TPSA) is 135 Å². The number of aromatic nitrogens is 4. The summed E-state index contributed by atoms with van der Waals surface area (Å²) in [7, 11) is -4.37. The van der Waals surface area contributed by atoms with Gasteiger partial charge in [-0.2, -0.15) is 8.42 Å². The van der Waals surface area contributed by atoms with Gasteiger partial charge in [0.05, 0.1) is 0 Å². The number of hydrogen-bond acceptors (Lipinski definition) is 6. The van der Waals surface area contributed by atoms with Crippen molar-refractivity contribution in [1.82, 2.24) is 19.9 Å². The van der Waals surface area contributed by atoms with E-state index < -0.39 is 15.3 Å². The Kier molecular flexibility index (Phi) is 1.66. The minimum absolute atomic E-state index is 0.0427. The van der Waals surface area contributed by atoms with Crippen LogP contribution in [-0.4, -0.2) is 32.9 Å². The van der Waals surface area contributed by atoms with Gasteiger partial charge in [-0.25, -0.2) is 15.0 Å². The molecule has 0 unspecified atom stereocenters. The number of aromatic amines is 1. The molecule has 2 aromatic heterocycles. The summed E-state index contributed by atoms with van der Waals surface area (Å²) in [6, 6.07) is 0. The average molecular weight is 215 g/mol. The standard InChI is InChI=1S/C5H5N5O3S/c6-3-2-4(8-1-7-3)10-5(9-2)14(11,12)13/h1H,(H,11,12,13)(H3,6,7,8,9,10). The molecule has 74 valence electrons. The first-order chi connectivity index (χ1) is 6.48. The van der Waals surface area contributed by atoms with Crippen molar-refractivity contribution in [3.63, 3.8) is 0 Å². The molecule has 0 saturated heterocycles. The Balaban J connectivity index is 2.81. The van der Waals surface area contributed by atoms with E-state index >= 15 is 0 Å². The molecule has 2 rings (SSSR count). The second kappa shape index (κ2) is 2.62. The molecule has 0 atom stereocenters. The highest BCUT2D eigenvalue weighted by molar-refractivity contribution is 7.85. The van der Waals surface area contributed by atoms with Crippen molar-refractivity contribution in [3.8, 4) is 0 Å². The van der Waals surface area contributed by atoms with E-state index in [9.17, 15) is 8.42 Å². The fourth-order valence-corrected chi connectivity index (χ4v) is 1.38. The summed E-state index contributed by atoms with van der Waals surface area (Å²) < 4.78 is 30.0. The van der Waals surface area contributed by atoms with Gasteiger partial charge in [0.15, 0.2) is 17.0 Å². The fourth-order valence-electron chi connectivity index (χ4n) is 0.947. The highest BCUT2D eigenvalue weighted by atomic mass is 32.2. The molecule has 0 aliphatic carbocycles. The second-order valence-electron chi connectivity index (χ2n) is 2.47. The van der Waals surface area contributed by atoms with E-state index in [1.54, 1.807) is 0 Å². The molecular weight excluding hydrogens is 210 g/mol. The minimum Gasteiger partial charge on any atom is -0.382 e. The first-order valence-corrected chi connectivity index (χ1v) is 4.86. The van der Waals surface area contributed by atoms with Gasteiger partial charge in [0.1, 0.15) is 6.33 Å². The third-order valence-corrected chi connectivity index (χ3v) is 2.22. The summed E-state index contributed by atoms with van der Waals surface area (Å²) in [5.41, 5.74) is 5.67. The van der Waals surface area contributed by atoms with E-state index in [2.05, 4.69) is 19.9 Å². The Labute approximate surface area is 77.9 Å². The van der Waals surface area contributed by atoms with Crippen molar-refractivity contribution in [2.24, 2.45) is 0 Å². The number of nitrogens with zero attached hydrogens (tertiary/aromatic N) is 3. The lowest BCUT2D eigenvalue weighted by Gasteiger charge is -1.88. The maximum Gasteiger partial charge on any atom is 0.328 e. The van der Waals surface area contributed by atoms with Gasteiger partial charge in [-0.1, -0.05) is 0 Å². The molecule has 0 aromatic carbocycles. The maximum absolute atomic E-state index is 10.7. The van der Waals surface area contributed by atoms with E-state index in [-0.39, 0.29) is 17.0 Å². The van der Waals surface area contributed by atoms with E-state index in [4.69, 9.17) is 10.3 Å². The first kappa shape index (κ1) is 8.84. The van der Waals surface area contributed by atoms with Crippen LogP contribution in [0, 0.1) is 0 Å². The summed E-state index contributed by atoms with van der Waals surface area (Å²) >= 11 is 0. The highest BCUT2D eigenvalue weighted by Gasteiger charge is 2.17. The van der Waals surface area contributed by atoms with Gasteiger partial charge in [0.2, 0.25) is 0 Å². The summed E-state index contributed by atoms with van der Waals surface area (Å²) in [5, 5.41) is -0.597. The van der Waals surface area contributed by atoms with Crippen molar-refractivity contribution in [2.75, 3.05) is 5.73 Å². The molecule has 4 N–H and O–H groups in total. The fraction of sp³-hybridized carbons (Fsp3) is 0. The van der Waals surface area contributed by atoms with Crippen molar-refractivity contribution in [2.45, 2.75) is 5.16 Å². The van der Waals surface area contributed by atoms with Crippen LogP contribution >= 0.6 is 0 Å². The highest BCUT2D eigenvalue weighted by Crippen LogP contribution is 2.15. The van der Waals surface area contributed by atoms with Crippen LogP contribution in [0.3, 0.4) is 0 Å². The van der Waals surface area contributed by atoms with Crippen molar-refractivity contribution < 1.29 is 13.0 Å². The summed E-state index contributed by atoms with van der Waals surface area (Å²) in [6.45, 7) is 0. The van der Waals surface area contributed by atoms with Gasteiger partial charge in [-0.3, -0.25) is 4.55 Å². The van der Waals surface area contributed by atoms with E-state index in [0.717, 1.165) is 6.33 Å². The van der Waals surface area contributed by atoms with Crippen molar-refractivity contribution in [1.29, 1.82) is 0 Å². The minimum atomic E-state index is -4.37. The third-order valence-electron chi connectivity index (χ3n) is 1.53. The summed E-state index contributed by atoms with van der Waals surface area (Å²) in [6.07, 6.45) is 1.16. The number of anilines is 1. The second-order valence-corrected chi connectivity index (χ2v) is 3.81. The molecule has 0 aliphatic rings. The molecule has 8 nitrogen and oxygen atoms in total. The molecule has 9 heteroatoms. The zero-order chi connectivity index (χ0) is 10.3. The number of hydrogen-bond donors (Lipinski definition) is 3. The zero-order valence-electron chi connectivity index (χ0n) is 6.67. The predicted molar refractivity (Wildman–Crippen MR) is 45.9 cm³/mol. The SMILES string of the molecule is Nc1ncnc2[nH]c(S(=O)(=O)O)nc12. The first-order valence-electron chi connectivity index (χ1n) is 3.42. The zero-order valence-corrected chi connectivity index (χ0v) is 7.48. The van der Waals surface area contributed by atoms with Crippen LogP contribution in [0.5, 0.6) is 0 Å². The lowest BCUT2D eigenvalue weighted by Crippen LogP contribution is -1.99. The molecule has 2 heterocycles. The van der Waals surface area contributed by atoms with Crippen LogP contribution in [-0.2, 0) is 10.1 Å². The summed E-state index contributed by atoms with van der Waals surface area (Å²) in [4.78, 5) is 13.1. The average Bonchev–Trinajstić information content (AvgIpc) is 2.48. The van der Waals surface area contributed by atoms with Crippen molar-refractivity contribution >= 4 is 27.1 Å². The lowest BCUT2D eigenvalue weighted by atomic mass is 10.5. The predicted octanol–water partition coefficient (Wildman–Crippen LogP) is -0.818. The number of imidazole rings is 1. The van der Waals surface area contributed by atoms with Crippen molar-refractivity contribution in [3.05, 3.63) is 6.33 Å². The van der Waals surface area contributed by atoms with E-state index in [0.29, 0.717) is 0 Å².